The number of nitrogens with one attached hydrogen (secondary N) is 1. The molecular formula is C16H19N3O4. The molecule has 0 bridgehead atoms. The third-order valence-corrected chi connectivity index (χ3v) is 3.50. The Morgan fingerprint density at radius 2 is 2.04 bits per heavy atom. The van der Waals surface area contributed by atoms with Crippen molar-refractivity contribution in [2.24, 2.45) is 0 Å². The molecule has 7 heteroatoms. The number of ether oxygens (including phenoxy) is 1. The number of H-pyrrole nitrogens is 1. The van der Waals surface area contributed by atoms with Gasteiger partial charge in [-0.3, -0.25) is 14.9 Å². The van der Waals surface area contributed by atoms with Gasteiger partial charge in [-0.1, -0.05) is 18.2 Å². The first kappa shape index (κ1) is 16.5. The summed E-state index contributed by atoms with van der Waals surface area (Å²) in [7, 11) is 1.72. The Labute approximate surface area is 133 Å². The first-order valence-electron chi connectivity index (χ1n) is 7.26. The molecule has 1 aromatic heterocycles. The van der Waals surface area contributed by atoms with Gasteiger partial charge >= 0.3 is 11.2 Å². The van der Waals surface area contributed by atoms with Crippen LogP contribution in [-0.4, -0.2) is 30.1 Å². The highest BCUT2D eigenvalue weighted by molar-refractivity contribution is 5.61. The molecule has 0 fully saturated rings. The van der Waals surface area contributed by atoms with Gasteiger partial charge in [0.1, 0.15) is 11.4 Å². The maximum Gasteiger partial charge on any atom is 0.356 e. The van der Waals surface area contributed by atoms with Crippen LogP contribution in [0.2, 0.25) is 0 Å². The van der Waals surface area contributed by atoms with Crippen molar-refractivity contribution < 1.29 is 9.66 Å². The Bertz CT molecular complexity index is 742. The van der Waals surface area contributed by atoms with Gasteiger partial charge in [-0.05, 0) is 31.0 Å². The quantitative estimate of drug-likeness (QED) is 0.481. The van der Waals surface area contributed by atoms with Gasteiger partial charge in [0, 0.05) is 19.8 Å². The molecule has 0 saturated heterocycles. The van der Waals surface area contributed by atoms with Crippen molar-refractivity contribution in [3.05, 3.63) is 62.6 Å². The van der Waals surface area contributed by atoms with E-state index in [2.05, 4.69) is 4.98 Å². The molecule has 0 atom stereocenters. The van der Waals surface area contributed by atoms with Crippen LogP contribution in [0.3, 0.4) is 0 Å². The number of nitro groups is 1. The summed E-state index contributed by atoms with van der Waals surface area (Å²) in [6, 6.07) is 9.26. The van der Waals surface area contributed by atoms with Crippen LogP contribution in [0, 0.1) is 17.0 Å². The standard InChI is InChI=1S/C16H19N3O4/c1-12-6-3-4-7-14(12)23-11-5-10-18(2)13-8-9-17-16(20)15(13)19(21)22/h3-4,6-9H,5,10-11H2,1-2H3,(H,17,20). The zero-order chi connectivity index (χ0) is 16.8. The lowest BCUT2D eigenvalue weighted by Gasteiger charge is -2.18. The van der Waals surface area contributed by atoms with Crippen LogP contribution in [0.25, 0.3) is 0 Å². The summed E-state index contributed by atoms with van der Waals surface area (Å²) in [5.74, 6) is 0.831. The van der Waals surface area contributed by atoms with Gasteiger partial charge in [-0.15, -0.1) is 0 Å². The zero-order valence-corrected chi connectivity index (χ0v) is 13.1. The Morgan fingerprint density at radius 1 is 1.30 bits per heavy atom. The van der Waals surface area contributed by atoms with E-state index < -0.39 is 16.2 Å². The molecule has 0 spiro atoms. The van der Waals surface area contributed by atoms with Gasteiger partial charge in [0.15, 0.2) is 0 Å². The first-order valence-corrected chi connectivity index (χ1v) is 7.26. The fourth-order valence-corrected chi connectivity index (χ4v) is 2.27. The SMILES string of the molecule is Cc1ccccc1OCCCN(C)c1cc[nH]c(=O)c1[N+](=O)[O-]. The number of pyridine rings is 1. The lowest BCUT2D eigenvalue weighted by Crippen LogP contribution is -2.24. The van der Waals surface area contributed by atoms with Crippen molar-refractivity contribution >= 4 is 11.4 Å². The number of aromatic amines is 1. The van der Waals surface area contributed by atoms with Crippen LogP contribution < -0.4 is 15.2 Å². The summed E-state index contributed by atoms with van der Waals surface area (Å²) in [6.45, 7) is 3.00. The minimum atomic E-state index is -0.699. The van der Waals surface area contributed by atoms with E-state index in [-0.39, 0.29) is 0 Å². The van der Waals surface area contributed by atoms with E-state index in [1.165, 1.54) is 12.3 Å². The molecular weight excluding hydrogens is 298 g/mol. The van der Waals surface area contributed by atoms with Crippen LogP contribution in [-0.2, 0) is 0 Å². The Hall–Kier alpha value is -2.83. The molecule has 2 aromatic rings. The van der Waals surface area contributed by atoms with Crippen LogP contribution in [0.4, 0.5) is 11.4 Å². The molecule has 0 aliphatic carbocycles. The zero-order valence-electron chi connectivity index (χ0n) is 13.1. The Balaban J connectivity index is 1.94. The van der Waals surface area contributed by atoms with Crippen molar-refractivity contribution in [3.63, 3.8) is 0 Å². The van der Waals surface area contributed by atoms with E-state index in [0.717, 1.165) is 11.3 Å². The van der Waals surface area contributed by atoms with Crippen molar-refractivity contribution in [3.8, 4) is 5.75 Å². The summed E-state index contributed by atoms with van der Waals surface area (Å²) in [6.07, 6.45) is 2.08. The molecule has 0 saturated carbocycles. The summed E-state index contributed by atoms with van der Waals surface area (Å²) in [5, 5.41) is 11.0. The average molecular weight is 317 g/mol. The van der Waals surface area contributed by atoms with Gasteiger partial charge in [0.05, 0.1) is 11.5 Å². The van der Waals surface area contributed by atoms with Crippen molar-refractivity contribution in [2.75, 3.05) is 25.1 Å². The largest absolute Gasteiger partial charge is 0.493 e. The Kier molecular flexibility index (Phi) is 5.35. The molecule has 0 aliphatic heterocycles. The monoisotopic (exact) mass is 317 g/mol. The molecule has 0 aliphatic rings. The van der Waals surface area contributed by atoms with Crippen molar-refractivity contribution in [2.45, 2.75) is 13.3 Å². The highest BCUT2D eigenvalue weighted by Crippen LogP contribution is 2.22. The number of hydrogen-bond acceptors (Lipinski definition) is 5. The fraction of sp³-hybridized carbons (Fsp3) is 0.312. The molecule has 1 heterocycles. The van der Waals surface area contributed by atoms with Gasteiger partial charge in [0.2, 0.25) is 0 Å². The van der Waals surface area contributed by atoms with Gasteiger partial charge < -0.3 is 14.6 Å². The van der Waals surface area contributed by atoms with Crippen LogP contribution in [0.5, 0.6) is 5.75 Å². The van der Waals surface area contributed by atoms with E-state index in [0.29, 0.717) is 25.3 Å². The van der Waals surface area contributed by atoms with E-state index in [4.69, 9.17) is 4.74 Å². The maximum atomic E-state index is 11.6. The lowest BCUT2D eigenvalue weighted by atomic mass is 10.2. The maximum absolute atomic E-state index is 11.6. The molecule has 1 N–H and O–H groups in total. The number of aromatic nitrogens is 1. The molecule has 1 aromatic carbocycles. The smallest absolute Gasteiger partial charge is 0.356 e. The normalized spacial score (nSPS) is 10.3. The van der Waals surface area contributed by atoms with E-state index in [9.17, 15) is 14.9 Å². The van der Waals surface area contributed by atoms with E-state index in [1.54, 1.807) is 11.9 Å². The Morgan fingerprint density at radius 3 is 2.74 bits per heavy atom. The average Bonchev–Trinajstić information content (AvgIpc) is 2.52. The second-order valence-electron chi connectivity index (χ2n) is 5.19. The van der Waals surface area contributed by atoms with Crippen molar-refractivity contribution in [1.29, 1.82) is 0 Å². The first-order chi connectivity index (χ1) is 11.0. The molecule has 2 rings (SSSR count). The number of hydrogen-bond donors (Lipinski definition) is 1. The second kappa shape index (κ2) is 7.44. The van der Waals surface area contributed by atoms with E-state index >= 15 is 0 Å². The number of para-hydroxylation sites is 1. The van der Waals surface area contributed by atoms with Crippen LogP contribution in [0.1, 0.15) is 12.0 Å². The molecule has 0 unspecified atom stereocenters. The number of benzene rings is 1. The van der Waals surface area contributed by atoms with Crippen molar-refractivity contribution in [1.82, 2.24) is 4.98 Å². The minimum absolute atomic E-state index is 0.301. The summed E-state index contributed by atoms with van der Waals surface area (Å²) in [4.78, 5) is 26.0. The van der Waals surface area contributed by atoms with Gasteiger partial charge in [-0.25, -0.2) is 0 Å². The minimum Gasteiger partial charge on any atom is -0.493 e. The number of nitrogens with zero attached hydrogens (tertiary/aromatic N) is 2. The molecule has 23 heavy (non-hydrogen) atoms. The molecule has 122 valence electrons. The summed E-state index contributed by atoms with van der Waals surface area (Å²) < 4.78 is 5.70. The fourth-order valence-electron chi connectivity index (χ4n) is 2.27. The third-order valence-electron chi connectivity index (χ3n) is 3.50. The van der Waals surface area contributed by atoms with E-state index in [1.807, 2.05) is 31.2 Å². The van der Waals surface area contributed by atoms with Gasteiger partial charge in [-0.2, -0.15) is 0 Å². The molecule has 0 amide bonds. The third kappa shape index (κ3) is 4.09. The summed E-state index contributed by atoms with van der Waals surface area (Å²) in [5.41, 5.74) is 0.228. The van der Waals surface area contributed by atoms with Gasteiger partial charge in [0.25, 0.3) is 0 Å². The number of aryl methyl sites for hydroxylation is 1. The molecule has 7 nitrogen and oxygen atoms in total. The number of rotatable bonds is 7. The highest BCUT2D eigenvalue weighted by atomic mass is 16.6. The molecule has 0 radical (unpaired) electrons. The van der Waals surface area contributed by atoms with Crippen LogP contribution >= 0.6 is 0 Å². The number of anilines is 1. The predicted octanol–water partition coefficient (Wildman–Crippen LogP) is 2.50. The highest BCUT2D eigenvalue weighted by Gasteiger charge is 2.21. The lowest BCUT2D eigenvalue weighted by molar-refractivity contribution is -0.385. The van der Waals surface area contributed by atoms with Crippen LogP contribution in [0.15, 0.2) is 41.3 Å². The second-order valence-corrected chi connectivity index (χ2v) is 5.19. The topological polar surface area (TPSA) is 88.5 Å². The predicted molar refractivity (Wildman–Crippen MR) is 88.3 cm³/mol. The summed E-state index contributed by atoms with van der Waals surface area (Å²) >= 11 is 0.